The van der Waals surface area contributed by atoms with Crippen LogP contribution >= 0.6 is 0 Å². The van der Waals surface area contributed by atoms with Crippen LogP contribution in [0.25, 0.3) is 0 Å². The van der Waals surface area contributed by atoms with Gasteiger partial charge in [0.15, 0.2) is 0 Å². The predicted octanol–water partition coefficient (Wildman–Crippen LogP) is 1.95. The number of carbonyl (C=O) groups is 1. The Balaban J connectivity index is 1.30. The van der Waals surface area contributed by atoms with Crippen LogP contribution in [0, 0.1) is 5.92 Å². The van der Waals surface area contributed by atoms with Gasteiger partial charge in [-0.25, -0.2) is 0 Å². The molecule has 3 aliphatic heterocycles. The van der Waals surface area contributed by atoms with Crippen molar-refractivity contribution in [3.63, 3.8) is 0 Å². The molecule has 0 aromatic heterocycles. The molecule has 0 N–H and O–H groups in total. The standard InChI is InChI=1S/C20H26N2O3/c23-20(16-5-6-19-15(10-16)2-1-9-25-19)21-7-8-22-17(11-21)12-24-13-18(22)14-3-4-14/h5-6,10,14,17-18H,1-4,7-9,11-13H2/t17-,18-/m1/s1. The van der Waals surface area contributed by atoms with Gasteiger partial charge in [0.25, 0.3) is 5.91 Å². The number of morpholine rings is 1. The zero-order valence-corrected chi connectivity index (χ0v) is 14.7. The average Bonchev–Trinajstić information content (AvgIpc) is 3.51. The van der Waals surface area contributed by atoms with E-state index in [4.69, 9.17) is 9.47 Å². The smallest absolute Gasteiger partial charge is 0.253 e. The van der Waals surface area contributed by atoms with Gasteiger partial charge in [-0.3, -0.25) is 9.69 Å². The van der Waals surface area contributed by atoms with Crippen molar-refractivity contribution < 1.29 is 14.3 Å². The molecule has 1 aliphatic carbocycles. The van der Waals surface area contributed by atoms with Gasteiger partial charge < -0.3 is 14.4 Å². The third-order valence-corrected chi connectivity index (χ3v) is 6.16. The molecule has 25 heavy (non-hydrogen) atoms. The van der Waals surface area contributed by atoms with Crippen LogP contribution in [0.5, 0.6) is 5.75 Å². The first kappa shape index (κ1) is 15.6. The maximum absolute atomic E-state index is 13.0. The lowest BCUT2D eigenvalue weighted by atomic mass is 10.0. The van der Waals surface area contributed by atoms with Gasteiger partial charge in [-0.1, -0.05) is 0 Å². The van der Waals surface area contributed by atoms with E-state index < -0.39 is 0 Å². The van der Waals surface area contributed by atoms with Gasteiger partial charge in [-0.15, -0.1) is 0 Å². The van der Waals surface area contributed by atoms with Crippen LogP contribution in [0.3, 0.4) is 0 Å². The second kappa shape index (κ2) is 6.29. The lowest BCUT2D eigenvalue weighted by Crippen LogP contribution is -2.63. The molecule has 2 saturated heterocycles. The molecular weight excluding hydrogens is 316 g/mol. The molecule has 1 amide bonds. The fourth-order valence-electron chi connectivity index (χ4n) is 4.62. The summed E-state index contributed by atoms with van der Waals surface area (Å²) in [6, 6.07) is 6.86. The fraction of sp³-hybridized carbons (Fsp3) is 0.650. The molecule has 5 nitrogen and oxygen atoms in total. The van der Waals surface area contributed by atoms with Crippen molar-refractivity contribution in [3.8, 4) is 5.75 Å². The van der Waals surface area contributed by atoms with E-state index >= 15 is 0 Å². The van der Waals surface area contributed by atoms with E-state index in [0.717, 1.165) is 69.5 Å². The van der Waals surface area contributed by atoms with Crippen molar-refractivity contribution in [2.45, 2.75) is 37.8 Å². The first-order chi connectivity index (χ1) is 12.3. The molecule has 2 atom stereocenters. The first-order valence-corrected chi connectivity index (χ1v) is 9.68. The summed E-state index contributed by atoms with van der Waals surface area (Å²) < 4.78 is 11.5. The summed E-state index contributed by atoms with van der Waals surface area (Å²) in [7, 11) is 0. The van der Waals surface area contributed by atoms with Gasteiger partial charge in [0.2, 0.25) is 0 Å². The molecular formula is C20H26N2O3. The summed E-state index contributed by atoms with van der Waals surface area (Å²) in [5, 5.41) is 0. The number of fused-ring (bicyclic) bond motifs is 2. The number of carbonyl (C=O) groups excluding carboxylic acids is 1. The van der Waals surface area contributed by atoms with E-state index in [2.05, 4.69) is 4.90 Å². The molecule has 0 bridgehead atoms. The van der Waals surface area contributed by atoms with Crippen LogP contribution in [0.1, 0.15) is 35.2 Å². The Hall–Kier alpha value is -1.59. The molecule has 0 radical (unpaired) electrons. The van der Waals surface area contributed by atoms with E-state index in [0.29, 0.717) is 12.1 Å². The van der Waals surface area contributed by atoms with Crippen LogP contribution in [-0.4, -0.2) is 67.2 Å². The minimum Gasteiger partial charge on any atom is -0.493 e. The van der Waals surface area contributed by atoms with Crippen molar-refractivity contribution in [2.24, 2.45) is 5.92 Å². The van der Waals surface area contributed by atoms with Gasteiger partial charge >= 0.3 is 0 Å². The summed E-state index contributed by atoms with van der Waals surface area (Å²) in [6.07, 6.45) is 4.73. The van der Waals surface area contributed by atoms with E-state index in [-0.39, 0.29) is 5.91 Å². The number of rotatable bonds is 2. The van der Waals surface area contributed by atoms with Gasteiger partial charge in [0.1, 0.15) is 5.75 Å². The van der Waals surface area contributed by atoms with E-state index in [1.165, 1.54) is 18.4 Å². The summed E-state index contributed by atoms with van der Waals surface area (Å²) in [5.74, 6) is 1.92. The molecule has 3 fully saturated rings. The van der Waals surface area contributed by atoms with Crippen LogP contribution < -0.4 is 4.74 Å². The monoisotopic (exact) mass is 342 g/mol. The van der Waals surface area contributed by atoms with Crippen LogP contribution in [0.2, 0.25) is 0 Å². The summed E-state index contributed by atoms with van der Waals surface area (Å²) in [6.45, 7) is 5.01. The molecule has 1 aromatic carbocycles. The van der Waals surface area contributed by atoms with Gasteiger partial charge in [-0.2, -0.15) is 0 Å². The normalized spacial score (nSPS) is 29.5. The highest BCUT2D eigenvalue weighted by molar-refractivity contribution is 5.94. The minimum atomic E-state index is 0.154. The van der Waals surface area contributed by atoms with Crippen LogP contribution in [-0.2, 0) is 11.2 Å². The zero-order valence-electron chi connectivity index (χ0n) is 14.7. The Labute approximate surface area is 148 Å². The van der Waals surface area contributed by atoms with Crippen molar-refractivity contribution in [2.75, 3.05) is 39.5 Å². The second-order valence-electron chi connectivity index (χ2n) is 7.86. The molecule has 4 aliphatic rings. The fourth-order valence-corrected chi connectivity index (χ4v) is 4.62. The molecule has 1 aromatic rings. The Morgan fingerprint density at radius 3 is 2.96 bits per heavy atom. The first-order valence-electron chi connectivity index (χ1n) is 9.68. The van der Waals surface area contributed by atoms with Crippen LogP contribution in [0.4, 0.5) is 0 Å². The SMILES string of the molecule is O=C(c1ccc2c(c1)CCCO2)N1CCN2[C@@H](COC[C@@H]2C2CC2)C1. The number of nitrogens with zero attached hydrogens (tertiary/aromatic N) is 2. The highest BCUT2D eigenvalue weighted by Crippen LogP contribution is 2.38. The molecule has 5 rings (SSSR count). The van der Waals surface area contributed by atoms with E-state index in [9.17, 15) is 4.79 Å². The molecule has 0 spiro atoms. The molecule has 1 saturated carbocycles. The highest BCUT2D eigenvalue weighted by Gasteiger charge is 2.43. The highest BCUT2D eigenvalue weighted by atomic mass is 16.5. The van der Waals surface area contributed by atoms with Gasteiger partial charge in [0.05, 0.1) is 25.9 Å². The van der Waals surface area contributed by atoms with E-state index in [1.807, 2.05) is 23.1 Å². The Kier molecular flexibility index (Phi) is 3.94. The maximum Gasteiger partial charge on any atom is 0.253 e. The van der Waals surface area contributed by atoms with Gasteiger partial charge in [0, 0.05) is 31.2 Å². The Morgan fingerprint density at radius 2 is 2.08 bits per heavy atom. The molecule has 3 heterocycles. The number of ether oxygens (including phenoxy) is 2. The van der Waals surface area contributed by atoms with Crippen molar-refractivity contribution in [1.82, 2.24) is 9.80 Å². The molecule has 5 heteroatoms. The van der Waals surface area contributed by atoms with Gasteiger partial charge in [-0.05, 0) is 55.4 Å². The number of aryl methyl sites for hydroxylation is 1. The maximum atomic E-state index is 13.0. The number of hydrogen-bond donors (Lipinski definition) is 0. The quantitative estimate of drug-likeness (QED) is 0.824. The van der Waals surface area contributed by atoms with Crippen molar-refractivity contribution >= 4 is 5.91 Å². The summed E-state index contributed by atoms with van der Waals surface area (Å²) in [4.78, 5) is 17.6. The topological polar surface area (TPSA) is 42.0 Å². The number of amides is 1. The van der Waals surface area contributed by atoms with E-state index in [1.54, 1.807) is 0 Å². The number of hydrogen-bond acceptors (Lipinski definition) is 4. The Bertz CT molecular complexity index is 673. The molecule has 134 valence electrons. The Morgan fingerprint density at radius 1 is 1.16 bits per heavy atom. The summed E-state index contributed by atoms with van der Waals surface area (Å²) in [5.41, 5.74) is 1.97. The second-order valence-corrected chi connectivity index (χ2v) is 7.86. The number of benzene rings is 1. The largest absolute Gasteiger partial charge is 0.493 e. The number of piperazine rings is 1. The third kappa shape index (κ3) is 2.93. The third-order valence-electron chi connectivity index (χ3n) is 6.16. The predicted molar refractivity (Wildman–Crippen MR) is 94.0 cm³/mol. The minimum absolute atomic E-state index is 0.154. The van der Waals surface area contributed by atoms with Crippen molar-refractivity contribution in [3.05, 3.63) is 29.3 Å². The molecule has 0 unspecified atom stereocenters. The lowest BCUT2D eigenvalue weighted by molar-refractivity contribution is -0.0816. The lowest BCUT2D eigenvalue weighted by Gasteiger charge is -2.48. The van der Waals surface area contributed by atoms with Crippen LogP contribution in [0.15, 0.2) is 18.2 Å². The zero-order chi connectivity index (χ0) is 16.8. The summed E-state index contributed by atoms with van der Waals surface area (Å²) >= 11 is 0. The van der Waals surface area contributed by atoms with Crippen molar-refractivity contribution in [1.29, 1.82) is 0 Å². The average molecular weight is 342 g/mol.